The molecule has 4 heteroatoms. The van der Waals surface area contributed by atoms with Crippen LogP contribution in [0.25, 0.3) is 0 Å². The minimum absolute atomic E-state index is 0.135. The van der Waals surface area contributed by atoms with Crippen molar-refractivity contribution in [2.45, 2.75) is 31.3 Å². The fraction of sp³-hybridized carbons (Fsp3) is 0.714. The summed E-state index contributed by atoms with van der Waals surface area (Å²) in [5.41, 5.74) is 6.26. The van der Waals surface area contributed by atoms with Crippen molar-refractivity contribution in [3.63, 3.8) is 0 Å². The van der Waals surface area contributed by atoms with Crippen molar-refractivity contribution in [3.8, 4) is 0 Å². The molecule has 18 heavy (non-hydrogen) atoms. The van der Waals surface area contributed by atoms with Gasteiger partial charge in [-0.25, -0.2) is 0 Å². The lowest BCUT2D eigenvalue weighted by Crippen LogP contribution is -2.61. The number of rotatable bonds is 4. The second-order valence-electron chi connectivity index (χ2n) is 5.57. The third-order valence-corrected chi connectivity index (χ3v) is 5.45. The van der Waals surface area contributed by atoms with Crippen LogP contribution in [0.4, 0.5) is 0 Å². The molecule has 0 bridgehead atoms. The maximum Gasteiger partial charge on any atom is 0.0462 e. The summed E-state index contributed by atoms with van der Waals surface area (Å²) < 4.78 is 0. The van der Waals surface area contributed by atoms with Crippen molar-refractivity contribution >= 4 is 11.3 Å². The molecule has 1 aliphatic heterocycles. The number of thiophene rings is 1. The number of hydrogen-bond acceptors (Lipinski definition) is 4. The van der Waals surface area contributed by atoms with Gasteiger partial charge in [0.1, 0.15) is 0 Å². The van der Waals surface area contributed by atoms with E-state index in [9.17, 15) is 0 Å². The number of hydrogen-bond donors (Lipinski definition) is 1. The van der Waals surface area contributed by atoms with Crippen molar-refractivity contribution in [3.05, 3.63) is 22.4 Å². The fourth-order valence-electron chi connectivity index (χ4n) is 3.07. The number of likely N-dealkylation sites (tertiary alicyclic amines) is 1. The van der Waals surface area contributed by atoms with E-state index in [4.69, 9.17) is 5.73 Å². The van der Waals surface area contributed by atoms with Crippen LogP contribution in [0, 0.1) is 0 Å². The Morgan fingerprint density at radius 1 is 1.61 bits per heavy atom. The molecule has 1 aromatic rings. The van der Waals surface area contributed by atoms with Gasteiger partial charge in [0, 0.05) is 29.5 Å². The quantitative estimate of drug-likeness (QED) is 0.907. The molecule has 2 N–H and O–H groups in total. The highest BCUT2D eigenvalue weighted by atomic mass is 32.1. The van der Waals surface area contributed by atoms with Crippen LogP contribution in [0.15, 0.2) is 17.5 Å². The second-order valence-corrected chi connectivity index (χ2v) is 6.55. The number of nitrogens with zero attached hydrogens (tertiary/aromatic N) is 2. The molecule has 1 aliphatic rings. The van der Waals surface area contributed by atoms with Gasteiger partial charge in [-0.05, 0) is 51.9 Å². The van der Waals surface area contributed by atoms with Gasteiger partial charge >= 0.3 is 0 Å². The third kappa shape index (κ3) is 2.62. The van der Waals surface area contributed by atoms with Crippen LogP contribution < -0.4 is 5.73 Å². The topological polar surface area (TPSA) is 32.5 Å². The first kappa shape index (κ1) is 14.0. The van der Waals surface area contributed by atoms with Crippen molar-refractivity contribution in [2.24, 2.45) is 5.73 Å². The van der Waals surface area contributed by atoms with Crippen LogP contribution in [0.3, 0.4) is 0 Å². The molecule has 1 saturated heterocycles. The molecule has 0 aliphatic carbocycles. The van der Waals surface area contributed by atoms with Gasteiger partial charge in [-0.15, -0.1) is 11.3 Å². The predicted octanol–water partition coefficient (Wildman–Crippen LogP) is 2.16. The summed E-state index contributed by atoms with van der Waals surface area (Å²) in [6.07, 6.45) is 2.45. The van der Waals surface area contributed by atoms with Crippen LogP contribution in [0.1, 0.15) is 30.7 Å². The molecule has 2 unspecified atom stereocenters. The minimum Gasteiger partial charge on any atom is -0.329 e. The number of nitrogens with two attached hydrogens (primary N) is 1. The molecule has 0 spiro atoms. The van der Waals surface area contributed by atoms with E-state index >= 15 is 0 Å². The second kappa shape index (κ2) is 5.70. The average Bonchev–Trinajstić information content (AvgIpc) is 2.90. The van der Waals surface area contributed by atoms with Crippen LogP contribution in [-0.2, 0) is 0 Å². The van der Waals surface area contributed by atoms with Gasteiger partial charge < -0.3 is 10.6 Å². The molecular formula is C14H25N3S. The van der Waals surface area contributed by atoms with Gasteiger partial charge in [0.05, 0.1) is 0 Å². The lowest BCUT2D eigenvalue weighted by atomic mass is 9.86. The molecule has 102 valence electrons. The maximum absolute atomic E-state index is 6.13. The Balaban J connectivity index is 2.16. The first-order chi connectivity index (χ1) is 8.59. The predicted molar refractivity (Wildman–Crippen MR) is 79.0 cm³/mol. The summed E-state index contributed by atoms with van der Waals surface area (Å²) in [5, 5.41) is 2.15. The lowest BCUT2D eigenvalue weighted by molar-refractivity contribution is 0.0204. The Hall–Kier alpha value is -0.420. The van der Waals surface area contributed by atoms with Crippen molar-refractivity contribution in [1.29, 1.82) is 0 Å². The Bertz CT molecular complexity index is 365. The largest absolute Gasteiger partial charge is 0.329 e. The summed E-state index contributed by atoms with van der Waals surface area (Å²) in [5.74, 6) is 0. The minimum atomic E-state index is 0.135. The zero-order valence-electron chi connectivity index (χ0n) is 11.7. The molecule has 0 saturated carbocycles. The Kier molecular flexibility index (Phi) is 4.43. The highest BCUT2D eigenvalue weighted by Gasteiger charge is 2.39. The van der Waals surface area contributed by atoms with Crippen molar-refractivity contribution in [2.75, 3.05) is 33.7 Å². The van der Waals surface area contributed by atoms with E-state index in [-0.39, 0.29) is 5.54 Å². The monoisotopic (exact) mass is 267 g/mol. The van der Waals surface area contributed by atoms with Crippen LogP contribution in [-0.4, -0.2) is 49.1 Å². The van der Waals surface area contributed by atoms with Crippen molar-refractivity contribution in [1.82, 2.24) is 9.80 Å². The van der Waals surface area contributed by atoms with E-state index in [0.29, 0.717) is 6.04 Å². The number of piperidine rings is 1. The smallest absolute Gasteiger partial charge is 0.0462 e. The average molecular weight is 267 g/mol. The fourth-order valence-corrected chi connectivity index (χ4v) is 3.89. The van der Waals surface area contributed by atoms with Crippen LogP contribution >= 0.6 is 11.3 Å². The van der Waals surface area contributed by atoms with E-state index < -0.39 is 0 Å². The molecule has 3 nitrogen and oxygen atoms in total. The molecule has 2 rings (SSSR count). The highest BCUT2D eigenvalue weighted by molar-refractivity contribution is 7.10. The van der Waals surface area contributed by atoms with Crippen LogP contribution in [0.2, 0.25) is 0 Å². The molecule has 2 heterocycles. The summed E-state index contributed by atoms with van der Waals surface area (Å²) in [4.78, 5) is 6.33. The van der Waals surface area contributed by atoms with Crippen LogP contribution in [0.5, 0.6) is 0 Å². The van der Waals surface area contributed by atoms with E-state index in [1.54, 1.807) is 0 Å². The molecule has 0 amide bonds. The van der Waals surface area contributed by atoms with Gasteiger partial charge in [-0.2, -0.15) is 0 Å². The standard InChI is InChI=1S/C14H25N3S/c1-12(13-6-4-9-18-13)17(3)14(10-15)7-5-8-16(2)11-14/h4,6,9,12H,5,7-8,10-11,15H2,1-3H3. The summed E-state index contributed by atoms with van der Waals surface area (Å²) in [6, 6.07) is 4.80. The van der Waals surface area contributed by atoms with E-state index in [1.165, 1.54) is 24.3 Å². The van der Waals surface area contributed by atoms with E-state index in [2.05, 4.69) is 48.3 Å². The zero-order valence-corrected chi connectivity index (χ0v) is 12.5. The molecule has 1 fully saturated rings. The zero-order chi connectivity index (χ0) is 13.2. The van der Waals surface area contributed by atoms with Gasteiger partial charge in [0.25, 0.3) is 0 Å². The molecule has 2 atom stereocenters. The summed E-state index contributed by atoms with van der Waals surface area (Å²) >= 11 is 1.84. The molecule has 1 aromatic heterocycles. The lowest BCUT2D eigenvalue weighted by Gasteiger charge is -2.49. The first-order valence-corrected chi connectivity index (χ1v) is 7.62. The van der Waals surface area contributed by atoms with Gasteiger partial charge in [0.15, 0.2) is 0 Å². The van der Waals surface area contributed by atoms with Crippen molar-refractivity contribution < 1.29 is 0 Å². The Morgan fingerprint density at radius 2 is 2.39 bits per heavy atom. The third-order valence-electron chi connectivity index (χ3n) is 4.41. The summed E-state index contributed by atoms with van der Waals surface area (Å²) in [7, 11) is 4.43. The van der Waals surface area contributed by atoms with E-state index in [1.807, 2.05) is 11.3 Å². The van der Waals surface area contributed by atoms with Gasteiger partial charge in [-0.3, -0.25) is 4.90 Å². The van der Waals surface area contributed by atoms with Gasteiger partial charge in [-0.1, -0.05) is 6.07 Å². The van der Waals surface area contributed by atoms with E-state index in [0.717, 1.165) is 13.1 Å². The van der Waals surface area contributed by atoms with Gasteiger partial charge in [0.2, 0.25) is 0 Å². The molecule has 0 radical (unpaired) electrons. The Morgan fingerprint density at radius 3 is 2.94 bits per heavy atom. The molecular weight excluding hydrogens is 242 g/mol. The summed E-state index contributed by atoms with van der Waals surface area (Å²) in [6.45, 7) is 5.31. The number of likely N-dealkylation sites (N-methyl/N-ethyl adjacent to an activating group) is 2. The maximum atomic E-state index is 6.13. The SMILES string of the molecule is CC(c1cccs1)N(C)C1(CN)CCCN(C)C1. The first-order valence-electron chi connectivity index (χ1n) is 6.74. The molecule has 0 aromatic carbocycles. The highest BCUT2D eigenvalue weighted by Crippen LogP contribution is 2.33. The Labute approximate surface area is 115 Å². The normalized spacial score (nSPS) is 27.6.